The van der Waals surface area contributed by atoms with E-state index >= 15 is 0 Å². The molecule has 0 amide bonds. The molecule has 102 valence electrons. The van der Waals surface area contributed by atoms with Crippen LogP contribution in [-0.4, -0.2) is 23.1 Å². The van der Waals surface area contributed by atoms with Crippen LogP contribution in [0.3, 0.4) is 0 Å². The predicted octanol–water partition coefficient (Wildman–Crippen LogP) is 4.34. The lowest BCUT2D eigenvalue weighted by molar-refractivity contribution is 0.190. The minimum Gasteiger partial charge on any atom is -0.507 e. The number of phenolic OH excluding ortho intramolecular Hbond substituents is 1. The Morgan fingerprint density at radius 1 is 1.11 bits per heavy atom. The van der Waals surface area contributed by atoms with Gasteiger partial charge in [0.05, 0.1) is 0 Å². The molecule has 2 unspecified atom stereocenters. The largest absolute Gasteiger partial charge is 0.507 e. The molecule has 19 heavy (non-hydrogen) atoms. The van der Waals surface area contributed by atoms with Crippen LogP contribution >= 0.6 is 0 Å². The number of nitrogens with zero attached hydrogens (tertiary/aromatic N) is 1. The fraction of sp³-hybridized carbons (Fsp3) is 0.412. The fourth-order valence-electron chi connectivity index (χ4n) is 2.50. The van der Waals surface area contributed by atoms with Gasteiger partial charge in [0.15, 0.2) is 0 Å². The first kappa shape index (κ1) is 13.9. The summed E-state index contributed by atoms with van der Waals surface area (Å²) in [5.41, 5.74) is 1.00. The molecular formula is C17H23NO. The minimum atomic E-state index is 0.208. The van der Waals surface area contributed by atoms with Gasteiger partial charge in [-0.15, -0.1) is 0 Å². The van der Waals surface area contributed by atoms with E-state index in [0.717, 1.165) is 22.8 Å². The Hall–Kier alpha value is -1.54. The van der Waals surface area contributed by atoms with Crippen molar-refractivity contribution in [2.45, 2.75) is 39.3 Å². The smallest absolute Gasteiger partial charge is 0.128 e. The van der Waals surface area contributed by atoms with Gasteiger partial charge >= 0.3 is 0 Å². The van der Waals surface area contributed by atoms with Gasteiger partial charge in [-0.3, -0.25) is 4.90 Å². The van der Waals surface area contributed by atoms with Crippen molar-refractivity contribution in [2.75, 3.05) is 7.05 Å². The number of benzene rings is 2. The molecule has 0 aliphatic carbocycles. The SMILES string of the molecule is CCC(C)N(C)C(C)c1ccc2ccccc2c1O. The number of aromatic hydroxyl groups is 1. The molecule has 0 fully saturated rings. The number of phenols is 1. The molecule has 0 aromatic heterocycles. The highest BCUT2D eigenvalue weighted by Gasteiger charge is 2.19. The summed E-state index contributed by atoms with van der Waals surface area (Å²) in [6.07, 6.45) is 1.11. The summed E-state index contributed by atoms with van der Waals surface area (Å²) in [5.74, 6) is 0.417. The third kappa shape index (κ3) is 2.59. The quantitative estimate of drug-likeness (QED) is 0.881. The summed E-state index contributed by atoms with van der Waals surface area (Å²) >= 11 is 0. The zero-order valence-corrected chi connectivity index (χ0v) is 12.2. The second-order valence-corrected chi connectivity index (χ2v) is 5.32. The Morgan fingerprint density at radius 2 is 1.79 bits per heavy atom. The summed E-state index contributed by atoms with van der Waals surface area (Å²) in [7, 11) is 2.12. The molecule has 2 atom stereocenters. The third-order valence-corrected chi connectivity index (χ3v) is 4.28. The van der Waals surface area contributed by atoms with Crippen molar-refractivity contribution in [1.82, 2.24) is 4.90 Å². The van der Waals surface area contributed by atoms with Crippen LogP contribution in [0.15, 0.2) is 36.4 Å². The molecule has 1 N–H and O–H groups in total. The van der Waals surface area contributed by atoms with Gasteiger partial charge in [0, 0.05) is 23.0 Å². The average Bonchev–Trinajstić information content (AvgIpc) is 2.45. The molecule has 2 nitrogen and oxygen atoms in total. The van der Waals surface area contributed by atoms with Crippen LogP contribution in [0.5, 0.6) is 5.75 Å². The van der Waals surface area contributed by atoms with Gasteiger partial charge < -0.3 is 5.11 Å². The highest BCUT2D eigenvalue weighted by Crippen LogP contribution is 2.35. The van der Waals surface area contributed by atoms with E-state index in [4.69, 9.17) is 0 Å². The summed E-state index contributed by atoms with van der Waals surface area (Å²) in [5, 5.41) is 12.5. The van der Waals surface area contributed by atoms with Crippen LogP contribution in [0.1, 0.15) is 38.8 Å². The lowest BCUT2D eigenvalue weighted by atomic mass is 9.99. The lowest BCUT2D eigenvalue weighted by Gasteiger charge is -2.31. The molecule has 0 aliphatic heterocycles. The van der Waals surface area contributed by atoms with Gasteiger partial charge in [-0.1, -0.05) is 43.3 Å². The molecular weight excluding hydrogens is 234 g/mol. The maximum absolute atomic E-state index is 10.5. The van der Waals surface area contributed by atoms with E-state index in [1.54, 1.807) is 0 Å². The summed E-state index contributed by atoms with van der Waals surface area (Å²) < 4.78 is 0. The zero-order valence-electron chi connectivity index (χ0n) is 12.2. The van der Waals surface area contributed by atoms with Crippen LogP contribution in [0.2, 0.25) is 0 Å². The average molecular weight is 257 g/mol. The van der Waals surface area contributed by atoms with E-state index in [0.29, 0.717) is 11.8 Å². The van der Waals surface area contributed by atoms with Crippen LogP contribution in [0, 0.1) is 0 Å². The van der Waals surface area contributed by atoms with E-state index in [9.17, 15) is 5.11 Å². The van der Waals surface area contributed by atoms with Crippen LogP contribution in [-0.2, 0) is 0 Å². The van der Waals surface area contributed by atoms with Crippen molar-refractivity contribution in [3.05, 3.63) is 42.0 Å². The second kappa shape index (κ2) is 5.62. The van der Waals surface area contributed by atoms with E-state index in [-0.39, 0.29) is 6.04 Å². The molecule has 2 heteroatoms. The van der Waals surface area contributed by atoms with Crippen molar-refractivity contribution >= 4 is 10.8 Å². The number of hydrogen-bond acceptors (Lipinski definition) is 2. The molecule has 0 spiro atoms. The normalized spacial score (nSPS) is 14.8. The monoisotopic (exact) mass is 257 g/mol. The van der Waals surface area contributed by atoms with E-state index in [2.05, 4.69) is 38.8 Å². The number of hydrogen-bond donors (Lipinski definition) is 1. The molecule has 0 aliphatic rings. The Balaban J connectivity index is 2.42. The first-order valence-corrected chi connectivity index (χ1v) is 6.98. The molecule has 0 radical (unpaired) electrons. The summed E-state index contributed by atoms with van der Waals surface area (Å²) in [6, 6.07) is 12.8. The molecule has 2 aromatic rings. The van der Waals surface area contributed by atoms with Crippen molar-refractivity contribution in [1.29, 1.82) is 0 Å². The zero-order chi connectivity index (χ0) is 14.0. The maximum Gasteiger partial charge on any atom is 0.128 e. The van der Waals surface area contributed by atoms with Gasteiger partial charge in [0.2, 0.25) is 0 Å². The van der Waals surface area contributed by atoms with E-state index in [1.807, 2.05) is 30.3 Å². The Labute approximate surface area is 115 Å². The molecule has 0 heterocycles. The Kier molecular flexibility index (Phi) is 4.11. The van der Waals surface area contributed by atoms with Crippen LogP contribution < -0.4 is 0 Å². The topological polar surface area (TPSA) is 23.5 Å². The third-order valence-electron chi connectivity index (χ3n) is 4.28. The first-order chi connectivity index (χ1) is 9.06. The predicted molar refractivity (Wildman–Crippen MR) is 81.5 cm³/mol. The van der Waals surface area contributed by atoms with Gasteiger partial charge in [-0.05, 0) is 32.7 Å². The van der Waals surface area contributed by atoms with Gasteiger partial charge in [-0.2, -0.15) is 0 Å². The Bertz CT molecular complexity index is 564. The van der Waals surface area contributed by atoms with Crippen molar-refractivity contribution in [3.8, 4) is 5.75 Å². The van der Waals surface area contributed by atoms with E-state index in [1.165, 1.54) is 0 Å². The lowest BCUT2D eigenvalue weighted by Crippen LogP contribution is -2.31. The highest BCUT2D eigenvalue weighted by atomic mass is 16.3. The summed E-state index contributed by atoms with van der Waals surface area (Å²) in [6.45, 7) is 6.55. The van der Waals surface area contributed by atoms with Crippen molar-refractivity contribution in [3.63, 3.8) is 0 Å². The first-order valence-electron chi connectivity index (χ1n) is 6.98. The second-order valence-electron chi connectivity index (χ2n) is 5.32. The fourth-order valence-corrected chi connectivity index (χ4v) is 2.50. The molecule has 0 saturated heterocycles. The van der Waals surface area contributed by atoms with Gasteiger partial charge in [0.1, 0.15) is 5.75 Å². The van der Waals surface area contributed by atoms with Crippen molar-refractivity contribution in [2.24, 2.45) is 0 Å². The number of fused-ring (bicyclic) bond motifs is 1. The minimum absolute atomic E-state index is 0.208. The molecule has 2 rings (SSSR count). The summed E-state index contributed by atoms with van der Waals surface area (Å²) in [4.78, 5) is 2.31. The highest BCUT2D eigenvalue weighted by molar-refractivity contribution is 5.89. The van der Waals surface area contributed by atoms with Gasteiger partial charge in [-0.25, -0.2) is 0 Å². The molecule has 2 aromatic carbocycles. The van der Waals surface area contributed by atoms with E-state index < -0.39 is 0 Å². The van der Waals surface area contributed by atoms with Crippen molar-refractivity contribution < 1.29 is 5.11 Å². The van der Waals surface area contributed by atoms with Crippen LogP contribution in [0.25, 0.3) is 10.8 Å². The molecule has 0 bridgehead atoms. The standard InChI is InChI=1S/C17H23NO/c1-5-12(2)18(4)13(3)15-11-10-14-8-6-7-9-16(14)17(15)19/h6-13,19H,5H2,1-4H3. The van der Waals surface area contributed by atoms with Crippen LogP contribution in [0.4, 0.5) is 0 Å². The Morgan fingerprint density at radius 3 is 2.47 bits per heavy atom. The maximum atomic E-state index is 10.5. The number of rotatable bonds is 4. The molecule has 0 saturated carbocycles. The van der Waals surface area contributed by atoms with Gasteiger partial charge in [0.25, 0.3) is 0 Å².